The molecule has 0 amide bonds. The molecule has 2 aromatic rings. The van der Waals surface area contributed by atoms with Gasteiger partial charge in [-0.25, -0.2) is 0 Å². The van der Waals surface area contributed by atoms with Crippen molar-refractivity contribution in [2.24, 2.45) is 5.29 Å². The fraction of sp³-hybridized carbons (Fsp3) is 0.143. The van der Waals surface area contributed by atoms with Crippen LogP contribution >= 0.6 is 0 Å². The zero-order chi connectivity index (χ0) is 13.4. The van der Waals surface area contributed by atoms with E-state index in [1.54, 1.807) is 12.1 Å². The number of nitrogens with two attached hydrogens (primary N) is 2. The third-order valence-corrected chi connectivity index (χ3v) is 3.42. The molecule has 0 unspecified atom stereocenters. The van der Waals surface area contributed by atoms with Gasteiger partial charge >= 0.3 is 0 Å². The number of rotatable bonds is 1. The van der Waals surface area contributed by atoms with Crippen molar-refractivity contribution in [1.29, 1.82) is 0 Å². The highest BCUT2D eigenvalue weighted by Gasteiger charge is 2.21. The molecule has 0 saturated carbocycles. The van der Waals surface area contributed by atoms with Crippen molar-refractivity contribution in [2.45, 2.75) is 12.8 Å². The highest BCUT2D eigenvalue weighted by Crippen LogP contribution is 2.38. The monoisotopic (exact) mass is 254 g/mol. The van der Waals surface area contributed by atoms with E-state index in [9.17, 15) is 4.91 Å². The molecule has 5 heteroatoms. The molecule has 0 radical (unpaired) electrons. The number of aryl methyl sites for hydroxylation is 2. The van der Waals surface area contributed by atoms with Crippen molar-refractivity contribution in [3.63, 3.8) is 0 Å². The van der Waals surface area contributed by atoms with Crippen LogP contribution in [0, 0.1) is 4.91 Å². The first-order valence-electron chi connectivity index (χ1n) is 6.09. The average molecular weight is 254 g/mol. The van der Waals surface area contributed by atoms with Crippen LogP contribution in [0.5, 0.6) is 0 Å². The van der Waals surface area contributed by atoms with Gasteiger partial charge in [-0.1, -0.05) is 12.1 Å². The Morgan fingerprint density at radius 2 is 1.37 bits per heavy atom. The molecular weight excluding hydrogens is 240 g/mol. The van der Waals surface area contributed by atoms with E-state index in [-0.39, 0.29) is 0 Å². The molecule has 1 aliphatic heterocycles. The van der Waals surface area contributed by atoms with Crippen LogP contribution in [0.2, 0.25) is 0 Å². The van der Waals surface area contributed by atoms with Gasteiger partial charge in [0.25, 0.3) is 0 Å². The van der Waals surface area contributed by atoms with Gasteiger partial charge < -0.3 is 11.5 Å². The molecule has 19 heavy (non-hydrogen) atoms. The molecule has 1 heterocycles. The summed E-state index contributed by atoms with van der Waals surface area (Å²) in [4.78, 5) is 11.3. The molecule has 1 aliphatic rings. The molecule has 0 aromatic heterocycles. The van der Waals surface area contributed by atoms with E-state index in [0.717, 1.165) is 35.3 Å². The molecule has 4 N–H and O–H groups in total. The van der Waals surface area contributed by atoms with E-state index < -0.39 is 0 Å². The summed E-state index contributed by atoms with van der Waals surface area (Å²) >= 11 is 0. The Kier molecular flexibility index (Phi) is 2.59. The maximum atomic E-state index is 11.3. The fourth-order valence-corrected chi connectivity index (χ4v) is 2.47. The summed E-state index contributed by atoms with van der Waals surface area (Å²) in [6.07, 6.45) is 1.69. The van der Waals surface area contributed by atoms with Crippen molar-refractivity contribution in [1.82, 2.24) is 0 Å². The number of nitrogens with zero attached hydrogens (tertiary/aromatic N) is 2. The van der Waals surface area contributed by atoms with Gasteiger partial charge in [0, 0.05) is 11.4 Å². The molecule has 2 aromatic carbocycles. The lowest BCUT2D eigenvalue weighted by atomic mass is 10.0. The molecule has 0 aliphatic carbocycles. The second kappa shape index (κ2) is 4.28. The topological polar surface area (TPSA) is 84.7 Å². The summed E-state index contributed by atoms with van der Waals surface area (Å²) in [7, 11) is 0. The average Bonchev–Trinajstić information content (AvgIpc) is 2.54. The maximum absolute atomic E-state index is 11.3. The largest absolute Gasteiger partial charge is 0.399 e. The van der Waals surface area contributed by atoms with E-state index in [4.69, 9.17) is 11.5 Å². The standard InChI is InChI=1S/C14H14N4O/c15-11-5-3-9-1-2-10-4-6-12(16)8-14(10)18(17-19)13(9)7-11/h3-8H,1-2,15-16H2. The quantitative estimate of drug-likeness (QED) is 0.605. The second-order valence-electron chi connectivity index (χ2n) is 4.67. The zero-order valence-electron chi connectivity index (χ0n) is 10.3. The van der Waals surface area contributed by atoms with Gasteiger partial charge in [-0.2, -0.15) is 5.01 Å². The Morgan fingerprint density at radius 3 is 1.79 bits per heavy atom. The van der Waals surface area contributed by atoms with E-state index in [1.165, 1.54) is 5.01 Å². The van der Waals surface area contributed by atoms with Crippen molar-refractivity contribution in [3.05, 3.63) is 52.4 Å². The Bertz CT molecular complexity index is 600. The van der Waals surface area contributed by atoms with Gasteiger partial charge in [-0.3, -0.25) is 0 Å². The van der Waals surface area contributed by atoms with Crippen molar-refractivity contribution in [3.8, 4) is 0 Å². The lowest BCUT2D eigenvalue weighted by Crippen LogP contribution is -2.10. The molecule has 0 saturated heterocycles. The smallest absolute Gasteiger partial charge is 0.0737 e. The van der Waals surface area contributed by atoms with Crippen LogP contribution in [-0.4, -0.2) is 0 Å². The summed E-state index contributed by atoms with van der Waals surface area (Å²) in [5.74, 6) is 0. The Hall–Kier alpha value is -2.56. The highest BCUT2D eigenvalue weighted by molar-refractivity contribution is 5.75. The number of nitroso groups, excluding NO2 is 1. The highest BCUT2D eigenvalue weighted by atomic mass is 16.3. The summed E-state index contributed by atoms with van der Waals surface area (Å²) in [6.45, 7) is 0. The van der Waals surface area contributed by atoms with Crippen LogP contribution in [0.1, 0.15) is 11.1 Å². The lowest BCUT2D eigenvalue weighted by molar-refractivity contribution is 0.978. The van der Waals surface area contributed by atoms with Crippen LogP contribution < -0.4 is 16.5 Å². The lowest BCUT2D eigenvalue weighted by Gasteiger charge is -2.18. The molecular formula is C14H14N4O. The summed E-state index contributed by atoms with van der Waals surface area (Å²) in [5.41, 5.74) is 16.4. The van der Waals surface area contributed by atoms with E-state index >= 15 is 0 Å². The first-order valence-corrected chi connectivity index (χ1v) is 6.09. The number of anilines is 4. The van der Waals surface area contributed by atoms with Gasteiger partial charge in [0.1, 0.15) is 0 Å². The van der Waals surface area contributed by atoms with Gasteiger partial charge in [0.2, 0.25) is 0 Å². The molecule has 0 spiro atoms. The van der Waals surface area contributed by atoms with Crippen molar-refractivity contribution < 1.29 is 0 Å². The van der Waals surface area contributed by atoms with Crippen molar-refractivity contribution >= 4 is 22.7 Å². The van der Waals surface area contributed by atoms with Crippen LogP contribution in [0.25, 0.3) is 0 Å². The number of fused-ring (bicyclic) bond motifs is 2. The van der Waals surface area contributed by atoms with E-state index in [0.29, 0.717) is 11.4 Å². The van der Waals surface area contributed by atoms with Crippen LogP contribution in [0.3, 0.4) is 0 Å². The van der Waals surface area contributed by atoms with Crippen LogP contribution in [-0.2, 0) is 12.8 Å². The summed E-state index contributed by atoms with van der Waals surface area (Å²) in [6, 6.07) is 11.1. The minimum absolute atomic E-state index is 0.611. The SMILES string of the molecule is Nc1ccc2c(c1)N(N=O)c1cc(N)ccc1CC2. The third-order valence-electron chi connectivity index (χ3n) is 3.42. The van der Waals surface area contributed by atoms with Gasteiger partial charge in [0.15, 0.2) is 0 Å². The van der Waals surface area contributed by atoms with Crippen LogP contribution in [0.4, 0.5) is 22.7 Å². The van der Waals surface area contributed by atoms with Crippen molar-refractivity contribution in [2.75, 3.05) is 16.5 Å². The summed E-state index contributed by atoms with van der Waals surface area (Å²) in [5, 5.41) is 4.52. The Balaban J connectivity index is 2.23. The Morgan fingerprint density at radius 1 is 0.895 bits per heavy atom. The maximum Gasteiger partial charge on any atom is 0.0737 e. The number of hydrogen-bond acceptors (Lipinski definition) is 4. The van der Waals surface area contributed by atoms with Gasteiger partial charge in [-0.15, -0.1) is 4.91 Å². The summed E-state index contributed by atoms with van der Waals surface area (Å²) < 4.78 is 0. The molecule has 0 fully saturated rings. The molecule has 96 valence electrons. The predicted octanol–water partition coefficient (Wildman–Crippen LogP) is 2.77. The Labute approximate surface area is 110 Å². The number of hydrogen-bond donors (Lipinski definition) is 2. The van der Waals surface area contributed by atoms with E-state index in [2.05, 4.69) is 5.29 Å². The normalized spacial score (nSPS) is 13.4. The number of benzene rings is 2. The minimum Gasteiger partial charge on any atom is -0.399 e. The fourth-order valence-electron chi connectivity index (χ4n) is 2.47. The third kappa shape index (κ3) is 1.89. The molecule has 0 bridgehead atoms. The van der Waals surface area contributed by atoms with Gasteiger partial charge in [-0.05, 0) is 48.2 Å². The predicted molar refractivity (Wildman–Crippen MR) is 77.1 cm³/mol. The zero-order valence-corrected chi connectivity index (χ0v) is 10.3. The second-order valence-corrected chi connectivity index (χ2v) is 4.67. The molecule has 0 atom stereocenters. The number of nitrogen functional groups attached to an aromatic ring is 2. The van der Waals surface area contributed by atoms with Gasteiger partial charge in [0.05, 0.1) is 16.7 Å². The van der Waals surface area contributed by atoms with E-state index in [1.807, 2.05) is 24.3 Å². The first kappa shape index (κ1) is 11.5. The molecule has 3 rings (SSSR count). The minimum atomic E-state index is 0.611. The van der Waals surface area contributed by atoms with Crippen LogP contribution in [0.15, 0.2) is 41.7 Å². The first-order chi connectivity index (χ1) is 9.19. The molecule has 5 nitrogen and oxygen atoms in total.